The monoisotopic (exact) mass is 343 g/mol. The molecule has 24 heavy (non-hydrogen) atoms. The van der Waals surface area contributed by atoms with Crippen LogP contribution in [0.4, 0.5) is 0 Å². The molecule has 0 aromatic heterocycles. The van der Waals surface area contributed by atoms with Crippen LogP contribution in [0.1, 0.15) is 31.4 Å². The summed E-state index contributed by atoms with van der Waals surface area (Å²) in [5, 5.41) is 20.6. The molecular weight excluding hydrogens is 318 g/mol. The number of hydrogen-bond donors (Lipinski definition) is 2. The minimum atomic E-state index is -0.524. The molecule has 0 radical (unpaired) electrons. The molecule has 2 N–H and O–H groups in total. The minimum absolute atomic E-state index is 0.0808. The van der Waals surface area contributed by atoms with E-state index in [1.54, 1.807) is 24.3 Å². The van der Waals surface area contributed by atoms with Crippen molar-refractivity contribution in [2.75, 3.05) is 13.1 Å². The molecule has 0 bridgehead atoms. The number of benzene rings is 2. The summed E-state index contributed by atoms with van der Waals surface area (Å²) < 4.78 is 0. The van der Waals surface area contributed by atoms with Gasteiger partial charge in [0.15, 0.2) is 0 Å². The van der Waals surface area contributed by atoms with E-state index in [-0.39, 0.29) is 11.8 Å². The Balaban J connectivity index is 1.53. The van der Waals surface area contributed by atoms with Crippen molar-refractivity contribution in [1.82, 2.24) is 4.90 Å². The molecule has 1 aliphatic rings. The first kappa shape index (κ1) is 17.3. The first-order chi connectivity index (χ1) is 11.6. The zero-order chi connectivity index (χ0) is 16.9. The number of nitrogens with zero attached hydrogens (tertiary/aromatic N) is 1. The molecule has 2 aromatic carbocycles. The highest BCUT2D eigenvalue weighted by Crippen LogP contribution is 2.32. The van der Waals surface area contributed by atoms with Gasteiger partial charge in [-0.2, -0.15) is 0 Å². The molecule has 1 fully saturated rings. The van der Waals surface area contributed by atoms with Crippen molar-refractivity contribution >= 4 is 11.8 Å². The van der Waals surface area contributed by atoms with Crippen LogP contribution in [0.3, 0.4) is 0 Å². The maximum absolute atomic E-state index is 10.6. The summed E-state index contributed by atoms with van der Waals surface area (Å²) in [6.45, 7) is 4.11. The van der Waals surface area contributed by atoms with E-state index in [9.17, 15) is 10.2 Å². The van der Waals surface area contributed by atoms with E-state index in [4.69, 9.17) is 0 Å². The summed E-state index contributed by atoms with van der Waals surface area (Å²) >= 11 is 1.97. The SMILES string of the molecule is C[C@H]([C@@H](O)c1ccc(O)cc1)N1CCC(Sc2ccccc2)CC1. The van der Waals surface area contributed by atoms with Gasteiger partial charge >= 0.3 is 0 Å². The summed E-state index contributed by atoms with van der Waals surface area (Å²) in [7, 11) is 0. The van der Waals surface area contributed by atoms with Gasteiger partial charge in [0.1, 0.15) is 5.75 Å². The fraction of sp³-hybridized carbons (Fsp3) is 0.400. The average Bonchev–Trinajstić information content (AvgIpc) is 2.63. The predicted molar refractivity (Wildman–Crippen MR) is 99.4 cm³/mol. The first-order valence-corrected chi connectivity index (χ1v) is 9.44. The van der Waals surface area contributed by atoms with E-state index >= 15 is 0 Å². The lowest BCUT2D eigenvalue weighted by atomic mass is 9.99. The van der Waals surface area contributed by atoms with Crippen molar-refractivity contribution in [3.8, 4) is 5.75 Å². The van der Waals surface area contributed by atoms with E-state index in [0.29, 0.717) is 5.25 Å². The molecule has 1 heterocycles. The lowest BCUT2D eigenvalue weighted by Gasteiger charge is -2.37. The highest BCUT2D eigenvalue weighted by Gasteiger charge is 2.27. The van der Waals surface area contributed by atoms with Crippen LogP contribution >= 0.6 is 11.8 Å². The summed E-state index contributed by atoms with van der Waals surface area (Å²) in [5.74, 6) is 0.234. The zero-order valence-corrected chi connectivity index (χ0v) is 14.8. The quantitative estimate of drug-likeness (QED) is 0.859. The van der Waals surface area contributed by atoms with Crippen LogP contribution in [0.5, 0.6) is 5.75 Å². The maximum Gasteiger partial charge on any atom is 0.115 e. The average molecular weight is 343 g/mol. The Morgan fingerprint density at radius 2 is 1.62 bits per heavy atom. The molecule has 0 unspecified atom stereocenters. The second-order valence-corrected chi connectivity index (χ2v) is 7.82. The topological polar surface area (TPSA) is 43.7 Å². The van der Waals surface area contributed by atoms with Crippen molar-refractivity contribution in [2.24, 2.45) is 0 Å². The fourth-order valence-corrected chi connectivity index (χ4v) is 4.39. The zero-order valence-electron chi connectivity index (χ0n) is 14.0. The molecule has 2 atom stereocenters. The highest BCUT2D eigenvalue weighted by atomic mass is 32.2. The minimum Gasteiger partial charge on any atom is -0.508 e. The van der Waals surface area contributed by atoms with Crippen LogP contribution < -0.4 is 0 Å². The number of likely N-dealkylation sites (tertiary alicyclic amines) is 1. The van der Waals surface area contributed by atoms with Crippen LogP contribution in [0.2, 0.25) is 0 Å². The van der Waals surface area contributed by atoms with Crippen molar-refractivity contribution in [2.45, 2.75) is 42.1 Å². The summed E-state index contributed by atoms with van der Waals surface area (Å²) in [6.07, 6.45) is 1.77. The Bertz CT molecular complexity index is 624. The molecule has 0 aliphatic carbocycles. The predicted octanol–water partition coefficient (Wildman–Crippen LogP) is 4.07. The van der Waals surface area contributed by atoms with Crippen molar-refractivity contribution in [3.63, 3.8) is 0 Å². The standard InChI is InChI=1S/C20H25NO2S/c1-15(20(23)16-7-9-17(22)10-8-16)21-13-11-19(12-14-21)24-18-5-3-2-4-6-18/h2-10,15,19-20,22-23H,11-14H2,1H3/t15-,20-/m1/s1. The molecule has 3 rings (SSSR count). The normalized spacial score (nSPS) is 19.1. The molecule has 128 valence electrons. The second kappa shape index (κ2) is 8.06. The van der Waals surface area contributed by atoms with Gasteiger partial charge in [0, 0.05) is 16.2 Å². The Hall–Kier alpha value is -1.49. The number of phenolic OH excluding ortho intramolecular Hbond substituents is 1. The number of hydrogen-bond acceptors (Lipinski definition) is 4. The molecule has 4 heteroatoms. The van der Waals surface area contributed by atoms with Gasteiger partial charge in [-0.3, -0.25) is 4.90 Å². The number of aliphatic hydroxyl groups excluding tert-OH is 1. The van der Waals surface area contributed by atoms with E-state index in [1.165, 1.54) is 4.90 Å². The van der Waals surface area contributed by atoms with Gasteiger partial charge in [0.25, 0.3) is 0 Å². The molecule has 3 nitrogen and oxygen atoms in total. The Morgan fingerprint density at radius 3 is 2.25 bits per heavy atom. The summed E-state index contributed by atoms with van der Waals surface area (Å²) in [6, 6.07) is 17.5. The van der Waals surface area contributed by atoms with E-state index in [1.807, 2.05) is 11.8 Å². The van der Waals surface area contributed by atoms with Gasteiger partial charge in [0.05, 0.1) is 6.10 Å². The number of rotatable bonds is 5. The fourth-order valence-electron chi connectivity index (χ4n) is 3.24. The summed E-state index contributed by atoms with van der Waals surface area (Å²) in [5.41, 5.74) is 0.862. The first-order valence-electron chi connectivity index (χ1n) is 8.56. The Kier molecular flexibility index (Phi) is 5.82. The van der Waals surface area contributed by atoms with Crippen LogP contribution in [0.15, 0.2) is 59.5 Å². The van der Waals surface area contributed by atoms with Gasteiger partial charge in [-0.1, -0.05) is 30.3 Å². The molecule has 0 amide bonds. The van der Waals surface area contributed by atoms with Crippen molar-refractivity contribution in [1.29, 1.82) is 0 Å². The van der Waals surface area contributed by atoms with Crippen LogP contribution in [0, 0.1) is 0 Å². The largest absolute Gasteiger partial charge is 0.508 e. The van der Waals surface area contributed by atoms with E-state index in [2.05, 4.69) is 42.2 Å². The van der Waals surface area contributed by atoms with Crippen molar-refractivity contribution < 1.29 is 10.2 Å². The van der Waals surface area contributed by atoms with Gasteiger partial charge in [-0.15, -0.1) is 11.8 Å². The number of aliphatic hydroxyl groups is 1. The highest BCUT2D eigenvalue weighted by molar-refractivity contribution is 8.00. The lowest BCUT2D eigenvalue weighted by molar-refractivity contribution is 0.0480. The van der Waals surface area contributed by atoms with Gasteiger partial charge in [-0.05, 0) is 62.7 Å². The maximum atomic E-state index is 10.6. The van der Waals surface area contributed by atoms with Crippen LogP contribution in [-0.4, -0.2) is 39.5 Å². The molecule has 1 aliphatic heterocycles. The van der Waals surface area contributed by atoms with Crippen molar-refractivity contribution in [3.05, 3.63) is 60.2 Å². The van der Waals surface area contributed by atoms with Gasteiger partial charge in [0.2, 0.25) is 0 Å². The third kappa shape index (κ3) is 4.32. The third-order valence-electron chi connectivity index (χ3n) is 4.79. The molecule has 2 aromatic rings. The van der Waals surface area contributed by atoms with Gasteiger partial charge < -0.3 is 10.2 Å². The molecule has 1 saturated heterocycles. The smallest absolute Gasteiger partial charge is 0.115 e. The lowest BCUT2D eigenvalue weighted by Crippen LogP contribution is -2.43. The molecule has 0 saturated carbocycles. The number of thioether (sulfide) groups is 1. The Morgan fingerprint density at radius 1 is 1.00 bits per heavy atom. The van der Waals surface area contributed by atoms with E-state index in [0.717, 1.165) is 31.5 Å². The molecular formula is C20H25NO2S. The van der Waals surface area contributed by atoms with Crippen LogP contribution in [-0.2, 0) is 0 Å². The van der Waals surface area contributed by atoms with E-state index < -0.39 is 6.10 Å². The number of piperidine rings is 1. The second-order valence-electron chi connectivity index (χ2n) is 6.44. The number of phenols is 1. The Labute approximate surface area is 148 Å². The third-order valence-corrected chi connectivity index (χ3v) is 6.14. The number of aromatic hydroxyl groups is 1. The van der Waals surface area contributed by atoms with Crippen LogP contribution in [0.25, 0.3) is 0 Å². The summed E-state index contributed by atoms with van der Waals surface area (Å²) in [4.78, 5) is 3.72. The molecule has 0 spiro atoms. The van der Waals surface area contributed by atoms with Gasteiger partial charge in [-0.25, -0.2) is 0 Å².